The van der Waals surface area contributed by atoms with Crippen molar-refractivity contribution in [2.45, 2.75) is 25.3 Å². The topological polar surface area (TPSA) is 64.4 Å². The molecule has 4 rings (SSSR count). The second-order valence-electron chi connectivity index (χ2n) is 7.20. The molecule has 26 heavy (non-hydrogen) atoms. The van der Waals surface area contributed by atoms with E-state index in [1.807, 2.05) is 21.6 Å². The van der Waals surface area contributed by atoms with E-state index in [1.165, 1.54) is 0 Å². The van der Waals surface area contributed by atoms with Gasteiger partial charge in [0.2, 0.25) is 5.91 Å². The van der Waals surface area contributed by atoms with Crippen molar-refractivity contribution < 1.29 is 9.53 Å². The highest BCUT2D eigenvalue weighted by Crippen LogP contribution is 2.36. The van der Waals surface area contributed by atoms with Crippen LogP contribution >= 0.6 is 0 Å². The number of hydrogen-bond acceptors (Lipinski definition) is 4. The van der Waals surface area contributed by atoms with Gasteiger partial charge in [-0.15, -0.1) is 0 Å². The molecule has 4 heterocycles. The number of hydrogen-bond donors (Lipinski definition) is 0. The number of piperidine rings is 1. The lowest BCUT2D eigenvalue weighted by Crippen LogP contribution is -2.49. The summed E-state index contributed by atoms with van der Waals surface area (Å²) in [6, 6.07) is 7.64. The highest BCUT2D eigenvalue weighted by molar-refractivity contribution is 5.76. The van der Waals surface area contributed by atoms with E-state index in [-0.39, 0.29) is 17.4 Å². The molecule has 2 bridgehead atoms. The van der Waals surface area contributed by atoms with Gasteiger partial charge in [0.25, 0.3) is 5.56 Å². The third-order valence-electron chi connectivity index (χ3n) is 5.42. The highest BCUT2D eigenvalue weighted by Gasteiger charge is 2.36. The molecule has 0 aliphatic carbocycles. The van der Waals surface area contributed by atoms with E-state index in [4.69, 9.17) is 4.74 Å². The molecule has 136 valence electrons. The summed E-state index contributed by atoms with van der Waals surface area (Å²) in [6.07, 6.45) is 4.95. The molecule has 1 fully saturated rings. The van der Waals surface area contributed by atoms with Crippen LogP contribution in [0.15, 0.2) is 41.5 Å². The fourth-order valence-electron chi connectivity index (χ4n) is 4.21. The number of fused-ring (bicyclic) bond motifs is 4. The molecular weight excluding hydrogens is 330 g/mol. The third-order valence-corrected chi connectivity index (χ3v) is 5.42. The Hall–Kier alpha value is -2.47. The van der Waals surface area contributed by atoms with Gasteiger partial charge in [-0.2, -0.15) is 0 Å². The molecule has 1 saturated heterocycles. The van der Waals surface area contributed by atoms with Crippen molar-refractivity contribution in [3.63, 3.8) is 0 Å². The summed E-state index contributed by atoms with van der Waals surface area (Å²) >= 11 is 0. The fraction of sp³-hybridized carbons (Fsp3) is 0.450. The monoisotopic (exact) mass is 353 g/mol. The number of methoxy groups -OCH3 is 1. The molecule has 0 unspecified atom stereocenters. The Labute approximate surface area is 152 Å². The van der Waals surface area contributed by atoms with Gasteiger partial charge in [-0.05, 0) is 30.0 Å². The molecule has 2 aliphatic rings. The Morgan fingerprint density at radius 1 is 1.27 bits per heavy atom. The maximum Gasteiger partial charge on any atom is 0.251 e. The number of rotatable bonds is 4. The average Bonchev–Trinajstić information content (AvgIpc) is 2.67. The Kier molecular flexibility index (Phi) is 4.59. The Morgan fingerprint density at radius 3 is 2.92 bits per heavy atom. The largest absolute Gasteiger partial charge is 0.384 e. The van der Waals surface area contributed by atoms with Crippen LogP contribution in [-0.2, 0) is 16.1 Å². The number of aromatic nitrogens is 2. The van der Waals surface area contributed by atoms with Crippen molar-refractivity contribution in [1.29, 1.82) is 0 Å². The summed E-state index contributed by atoms with van der Waals surface area (Å²) in [4.78, 5) is 31.2. The van der Waals surface area contributed by atoms with Crippen molar-refractivity contribution in [3.8, 4) is 11.1 Å². The van der Waals surface area contributed by atoms with Gasteiger partial charge < -0.3 is 14.2 Å². The summed E-state index contributed by atoms with van der Waals surface area (Å²) in [5.41, 5.74) is 2.92. The van der Waals surface area contributed by atoms with Gasteiger partial charge in [0.1, 0.15) is 0 Å². The molecule has 2 aromatic heterocycles. The predicted molar refractivity (Wildman–Crippen MR) is 97.9 cm³/mol. The van der Waals surface area contributed by atoms with Gasteiger partial charge in [-0.3, -0.25) is 14.6 Å². The first-order chi connectivity index (χ1) is 12.7. The van der Waals surface area contributed by atoms with Crippen molar-refractivity contribution in [2.24, 2.45) is 5.92 Å². The quantitative estimate of drug-likeness (QED) is 0.842. The van der Waals surface area contributed by atoms with Crippen molar-refractivity contribution in [3.05, 3.63) is 52.7 Å². The molecule has 6 nitrogen and oxygen atoms in total. The van der Waals surface area contributed by atoms with Crippen LogP contribution in [0, 0.1) is 5.92 Å². The minimum absolute atomic E-state index is 0.0372. The maximum absolute atomic E-state index is 12.7. The summed E-state index contributed by atoms with van der Waals surface area (Å²) in [7, 11) is 1.61. The first-order valence-corrected chi connectivity index (χ1v) is 9.07. The SMILES string of the molecule is COCCC(=O)N1C[C@@H]2C[C@H](C1)c1cc(-c3cccnc3)cc(=O)n1C2. The zero-order valence-corrected chi connectivity index (χ0v) is 14.9. The Morgan fingerprint density at radius 2 is 2.15 bits per heavy atom. The van der Waals surface area contributed by atoms with Gasteiger partial charge in [-0.1, -0.05) is 6.07 Å². The summed E-state index contributed by atoms with van der Waals surface area (Å²) in [5, 5.41) is 0. The number of carbonyl (C=O) groups is 1. The number of nitrogens with zero attached hydrogens (tertiary/aromatic N) is 3. The lowest BCUT2D eigenvalue weighted by atomic mass is 9.82. The van der Waals surface area contributed by atoms with Crippen LogP contribution in [0.3, 0.4) is 0 Å². The van der Waals surface area contributed by atoms with Gasteiger partial charge in [0.05, 0.1) is 13.0 Å². The van der Waals surface area contributed by atoms with Crippen LogP contribution < -0.4 is 5.56 Å². The molecular formula is C20H23N3O3. The minimum atomic E-state index is 0.0372. The average molecular weight is 353 g/mol. The minimum Gasteiger partial charge on any atom is -0.384 e. The highest BCUT2D eigenvalue weighted by atomic mass is 16.5. The van der Waals surface area contributed by atoms with Crippen LogP contribution in [0.1, 0.15) is 24.5 Å². The van der Waals surface area contributed by atoms with E-state index in [1.54, 1.807) is 25.6 Å². The lowest BCUT2D eigenvalue weighted by Gasteiger charge is -2.43. The molecule has 2 atom stereocenters. The van der Waals surface area contributed by atoms with Gasteiger partial charge in [0.15, 0.2) is 0 Å². The molecule has 0 radical (unpaired) electrons. The van der Waals surface area contributed by atoms with Gasteiger partial charge >= 0.3 is 0 Å². The van der Waals surface area contributed by atoms with Gasteiger partial charge in [0, 0.05) is 62.4 Å². The van der Waals surface area contributed by atoms with E-state index in [0.717, 1.165) is 29.8 Å². The standard InChI is InChI=1S/C20H23N3O3/c1-26-6-4-19(24)22-11-14-7-17(13-22)18-8-16(9-20(25)23(18)12-14)15-3-2-5-21-10-15/h2-3,5,8-10,14,17H,4,6-7,11-13H2,1H3/t14-,17+/m0/s1. The number of carbonyl (C=O) groups excluding carboxylic acids is 1. The molecule has 6 heteroatoms. The molecule has 0 saturated carbocycles. The van der Waals surface area contributed by atoms with E-state index >= 15 is 0 Å². The second kappa shape index (κ2) is 7.03. The van der Waals surface area contributed by atoms with Crippen LogP contribution in [0.5, 0.6) is 0 Å². The van der Waals surface area contributed by atoms with Crippen molar-refractivity contribution in [2.75, 3.05) is 26.8 Å². The molecule has 2 aromatic rings. The van der Waals surface area contributed by atoms with E-state index < -0.39 is 0 Å². The Balaban J connectivity index is 1.65. The van der Waals surface area contributed by atoms with Crippen LogP contribution in [0.25, 0.3) is 11.1 Å². The lowest BCUT2D eigenvalue weighted by molar-refractivity contribution is -0.134. The van der Waals surface area contributed by atoms with Crippen molar-refractivity contribution >= 4 is 5.91 Å². The zero-order chi connectivity index (χ0) is 18.1. The van der Waals surface area contributed by atoms with E-state index in [0.29, 0.717) is 32.0 Å². The second-order valence-corrected chi connectivity index (χ2v) is 7.20. The molecule has 1 amide bonds. The summed E-state index contributed by atoms with van der Waals surface area (Å²) in [6.45, 7) is 2.54. The summed E-state index contributed by atoms with van der Waals surface area (Å²) in [5.74, 6) is 0.689. The molecule has 0 spiro atoms. The van der Waals surface area contributed by atoms with Gasteiger partial charge in [-0.25, -0.2) is 0 Å². The normalized spacial score (nSPS) is 21.3. The van der Waals surface area contributed by atoms with Crippen LogP contribution in [-0.4, -0.2) is 47.2 Å². The number of likely N-dealkylation sites (tertiary alicyclic amines) is 1. The zero-order valence-electron chi connectivity index (χ0n) is 14.9. The van der Waals surface area contributed by atoms with Crippen molar-refractivity contribution in [1.82, 2.24) is 14.5 Å². The molecule has 0 N–H and O–H groups in total. The first kappa shape index (κ1) is 17.0. The number of ether oxygens (including phenoxy) is 1. The summed E-state index contributed by atoms with van der Waals surface area (Å²) < 4.78 is 6.93. The smallest absolute Gasteiger partial charge is 0.251 e. The first-order valence-electron chi connectivity index (χ1n) is 9.07. The van der Waals surface area contributed by atoms with E-state index in [9.17, 15) is 9.59 Å². The molecule has 2 aliphatic heterocycles. The number of pyridine rings is 2. The fourth-order valence-corrected chi connectivity index (χ4v) is 4.21. The Bertz CT molecular complexity index is 862. The number of amides is 1. The predicted octanol–water partition coefficient (Wildman–Crippen LogP) is 1.89. The third kappa shape index (κ3) is 3.17. The maximum atomic E-state index is 12.7. The molecule has 0 aromatic carbocycles. The van der Waals surface area contributed by atoms with Crippen LogP contribution in [0.2, 0.25) is 0 Å². The van der Waals surface area contributed by atoms with Crippen LogP contribution in [0.4, 0.5) is 0 Å². The van der Waals surface area contributed by atoms with E-state index in [2.05, 4.69) is 11.1 Å².